The van der Waals surface area contributed by atoms with Gasteiger partial charge >= 0.3 is 68.5 Å². The number of thiol groups is 1. The van der Waals surface area contributed by atoms with E-state index in [0.29, 0.717) is 11.3 Å². The summed E-state index contributed by atoms with van der Waals surface area (Å²) in [7, 11) is 20.9. The van der Waals surface area contributed by atoms with E-state index in [-0.39, 0.29) is 24.5 Å². The van der Waals surface area contributed by atoms with Crippen molar-refractivity contribution in [1.29, 1.82) is 0 Å². The number of rotatable bonds is 17. The Morgan fingerprint density at radius 1 is 0.377 bits per heavy atom. The Bertz CT molecular complexity index is 6390. The van der Waals surface area contributed by atoms with E-state index in [0.717, 1.165) is 196 Å². The van der Waals surface area contributed by atoms with Gasteiger partial charge in [0.25, 0.3) is 0 Å². The number of hydrogen-bond donors (Lipinski definition) is 3. The van der Waals surface area contributed by atoms with Crippen molar-refractivity contribution in [2.24, 2.45) is 4.30 Å². The Balaban J connectivity index is 0.000000192. The Morgan fingerprint density at radius 3 is 0.942 bits per heavy atom. The first-order chi connectivity index (χ1) is 65.9. The van der Waals surface area contributed by atoms with Gasteiger partial charge in [-0.3, -0.25) is 0 Å². The molecular formula is C102H96B2Br3F8LiNO20S. The third-order valence-corrected chi connectivity index (χ3v) is 22.1. The van der Waals surface area contributed by atoms with Crippen LogP contribution in [0.1, 0.15) is 32.6 Å². The molecule has 1 aliphatic carbocycles. The molecule has 0 spiro atoms. The zero-order chi connectivity index (χ0) is 99.5. The van der Waals surface area contributed by atoms with Gasteiger partial charge in [-0.15, -0.1) is 0 Å². The van der Waals surface area contributed by atoms with Crippen LogP contribution in [0.15, 0.2) is 317 Å². The van der Waals surface area contributed by atoms with E-state index in [1.807, 2.05) is 231 Å². The molecule has 1 fully saturated rings. The van der Waals surface area contributed by atoms with Gasteiger partial charge in [0.05, 0.1) is 93.4 Å². The Kier molecular flexibility index (Phi) is 43.7. The predicted molar refractivity (Wildman–Crippen MR) is 532 cm³/mol. The molecule has 6 aromatic heterocycles. The Labute approximate surface area is 835 Å². The van der Waals surface area contributed by atoms with Crippen molar-refractivity contribution in [3.63, 3.8) is 0 Å². The van der Waals surface area contributed by atoms with Crippen molar-refractivity contribution in [1.82, 2.24) is 0 Å². The number of benzene rings is 11. The van der Waals surface area contributed by atoms with Crippen molar-refractivity contribution in [2.45, 2.75) is 50.4 Å². The van der Waals surface area contributed by atoms with E-state index in [1.165, 1.54) is 19.3 Å². The molecular weight excluding hydrogens is 2010 g/mol. The molecule has 719 valence electrons. The number of allylic oxidation sites excluding steroid dienone is 2. The van der Waals surface area contributed by atoms with Crippen LogP contribution in [-0.2, 0) is 4.74 Å². The number of halogens is 11. The predicted octanol–water partition coefficient (Wildman–Crippen LogP) is 25.7. The van der Waals surface area contributed by atoms with E-state index in [2.05, 4.69) is 86.4 Å². The minimum absolute atomic E-state index is 0. The van der Waals surface area contributed by atoms with Gasteiger partial charge in [0.2, 0.25) is 11.7 Å². The zero-order valence-electron chi connectivity index (χ0n) is 77.2. The molecule has 36 heteroatoms. The van der Waals surface area contributed by atoms with Gasteiger partial charge in [-0.25, -0.2) is 8.78 Å². The molecule has 0 saturated carbocycles. The van der Waals surface area contributed by atoms with E-state index >= 15 is 0 Å². The summed E-state index contributed by atoms with van der Waals surface area (Å²) in [5, 5.41) is 23.7. The number of furan rings is 6. The molecule has 0 amide bonds. The molecule has 0 unspecified atom stereocenters. The van der Waals surface area contributed by atoms with Crippen LogP contribution in [0.3, 0.4) is 0 Å². The molecule has 1 aliphatic heterocycles. The summed E-state index contributed by atoms with van der Waals surface area (Å²) in [6, 6.07) is 80.4. The van der Waals surface area contributed by atoms with Crippen molar-refractivity contribution in [3.05, 3.63) is 293 Å². The number of unbranched alkanes of at least 4 members (excludes halogenated alkanes) is 1. The standard InChI is InChI=1S/2C16H13BrO3.2C16H14O3.C9H9BO4.C9H8O2.C7H7BrO.C5F8.C4H8O.C4H9.BHNS.Li/c2*1-18-11-5-3-10(4-6-11)16-15(17)13-9-12(19-2)7-8-14(13)20-16;2*1-17-13-5-3-11(4-6-13)16-10-12-9-14(18-2)7-8-15(12)19-16;1-13-7-2-3-8-6(4-7)5-9(14-8)10(11)12;1-10-8-2-3-9-7(6-8)4-5-11-9;1-9-7-4-2-6(8)3-5-7;6-1-2(7)4(10,11)5(12,13)3(1,8)9;1-2-4-5-3-1;1-3-4-2;1-2-3;/h2*3-9H,1-2H3;2*3-10H,1-2H3;2-5,11-12H,1H3;2-6H,1H3;2-5H,1H3;;1-4H2;1,3-4H2,2H3;3H;/q;;;;;;;;;-1;;+1. The number of hydrogen-bond acceptors (Lipinski definition) is 22. The first kappa shape index (κ1) is 111. The number of fused-ring (bicyclic) bond motifs is 6. The van der Waals surface area contributed by atoms with Crippen LogP contribution in [-0.4, -0.2) is 134 Å². The monoisotopic (exact) mass is 2100 g/mol. The average molecular weight is 2110 g/mol. The second-order valence-electron chi connectivity index (χ2n) is 28.7. The number of methoxy groups -OCH3 is 11. The third-order valence-electron chi connectivity index (χ3n) is 20.0. The topological polar surface area (TPSA) is 242 Å². The summed E-state index contributed by atoms with van der Waals surface area (Å²) in [4.78, 5) is 0. The van der Waals surface area contributed by atoms with Crippen molar-refractivity contribution >= 4 is 147 Å². The fourth-order valence-electron chi connectivity index (χ4n) is 12.5. The average Bonchev–Trinajstić information content (AvgIpc) is 1.56. The zero-order valence-corrected chi connectivity index (χ0v) is 82.9. The van der Waals surface area contributed by atoms with Gasteiger partial charge in [-0.05, 0) is 299 Å². The molecule has 1 radical (unpaired) electrons. The molecule has 21 nitrogen and oxygen atoms in total. The molecule has 0 atom stereocenters. The summed E-state index contributed by atoms with van der Waals surface area (Å²) in [5.74, 6) is -12.2. The van der Waals surface area contributed by atoms with Crippen LogP contribution in [0.25, 0.3) is 111 Å². The smallest absolute Gasteiger partial charge is 0.343 e. The molecule has 2 aliphatic rings. The maximum absolute atomic E-state index is 12.0. The molecule has 11 aromatic carbocycles. The Morgan fingerprint density at radius 2 is 0.652 bits per heavy atom. The van der Waals surface area contributed by atoms with Gasteiger partial charge in [-0.2, -0.15) is 32.8 Å². The van der Waals surface area contributed by atoms with Crippen LogP contribution in [0.4, 0.5) is 35.1 Å². The SMILES string of the molecule is C1CCOC1.COc1ccc(-c2cc3cc(OC)ccc3o2)cc1.COc1ccc(-c2cc3cc(OC)ccc3o2)cc1.COc1ccc(-c2oc3ccc(OC)cc3c2Br)cc1.COc1ccc(-c2oc3ccc(OC)cc3c2Br)cc1.COc1ccc(Br)cc1.COc1ccc2oc(B(O)O)cc2c1.COc1ccc2occc2c1.FC1=C(F)C(F)(F)C(F)(F)C1(F)F.[B]=NS.[CH2-]CCC.[Li+]. The fourth-order valence-corrected chi connectivity index (χ4v) is 14.0. The third kappa shape index (κ3) is 29.5. The first-order valence-electron chi connectivity index (χ1n) is 41.5. The molecule has 2 N–H and O–H groups in total. The number of nitrogens with zero attached hydrogens (tertiary/aromatic N) is 1. The summed E-state index contributed by atoms with van der Waals surface area (Å²) in [6.45, 7) is 7.72. The van der Waals surface area contributed by atoms with Crippen LogP contribution in [0.5, 0.6) is 63.2 Å². The molecule has 17 aromatic rings. The molecule has 19 rings (SSSR count). The largest absolute Gasteiger partial charge is 1.00 e. The van der Waals surface area contributed by atoms with Crippen LogP contribution < -0.4 is 76.6 Å². The van der Waals surface area contributed by atoms with Crippen molar-refractivity contribution in [3.8, 4) is 109 Å². The molecule has 0 bridgehead atoms. The summed E-state index contributed by atoms with van der Waals surface area (Å²) < 4.78 is 197. The second-order valence-corrected chi connectivity index (χ2v) is 31.4. The normalized spacial score (nSPS) is 12.5. The van der Waals surface area contributed by atoms with Crippen molar-refractivity contribution < 1.29 is 147 Å². The van der Waals surface area contributed by atoms with Gasteiger partial charge in [0.15, 0.2) is 0 Å². The second kappa shape index (κ2) is 54.3. The van der Waals surface area contributed by atoms with Crippen LogP contribution in [0.2, 0.25) is 0 Å². The minimum atomic E-state index is -6.06. The van der Waals surface area contributed by atoms with Gasteiger partial charge in [0, 0.05) is 72.3 Å². The van der Waals surface area contributed by atoms with E-state index in [1.54, 1.807) is 109 Å². The van der Waals surface area contributed by atoms with Crippen LogP contribution in [0, 0.1) is 6.92 Å². The maximum atomic E-state index is 12.0. The maximum Gasteiger partial charge on any atom is 1.00 e. The first-order valence-corrected chi connectivity index (χ1v) is 44.3. The van der Waals surface area contributed by atoms with E-state index in [4.69, 9.17) is 93.4 Å². The summed E-state index contributed by atoms with van der Waals surface area (Å²) in [6.07, 6.45) is 6.50. The molecule has 7 heterocycles. The summed E-state index contributed by atoms with van der Waals surface area (Å²) in [5.41, 5.74) is 9.02. The number of alkyl halides is 6. The van der Waals surface area contributed by atoms with Gasteiger partial charge in [0.1, 0.15) is 125 Å². The quantitative estimate of drug-likeness (QED) is 0.0332. The minimum Gasteiger partial charge on any atom is -0.343 e. The van der Waals surface area contributed by atoms with Gasteiger partial charge in [-0.1, -0.05) is 29.3 Å². The number of ether oxygens (including phenoxy) is 12. The summed E-state index contributed by atoms with van der Waals surface area (Å²) >= 11 is 13.7. The van der Waals surface area contributed by atoms with E-state index in [9.17, 15) is 35.1 Å². The Hall–Kier alpha value is -12.2. The molecule has 1 saturated heterocycles. The molecule has 138 heavy (non-hydrogen) atoms. The fraction of sp³-hybridized carbons (Fsp3) is 0.206. The van der Waals surface area contributed by atoms with Crippen LogP contribution >= 0.6 is 60.6 Å². The van der Waals surface area contributed by atoms with E-state index < -0.39 is 36.5 Å². The van der Waals surface area contributed by atoms with Crippen molar-refractivity contribution in [2.75, 3.05) is 91.4 Å². The van der Waals surface area contributed by atoms with Gasteiger partial charge < -0.3 is 100 Å².